The Balaban J connectivity index is 1.99. The summed E-state index contributed by atoms with van der Waals surface area (Å²) in [5.74, 6) is 1.06. The van der Waals surface area contributed by atoms with Gasteiger partial charge in [0.1, 0.15) is 5.76 Å². The maximum atomic E-state index is 5.38. The van der Waals surface area contributed by atoms with Crippen LogP contribution in [0.5, 0.6) is 0 Å². The van der Waals surface area contributed by atoms with Crippen LogP contribution < -0.4 is 5.32 Å². The summed E-state index contributed by atoms with van der Waals surface area (Å²) in [7, 11) is 0. The molecule has 0 radical (unpaired) electrons. The second-order valence-electron chi connectivity index (χ2n) is 6.46. The number of rotatable bonds is 5. The largest absolute Gasteiger partial charge is 0.469 e. The van der Waals surface area contributed by atoms with Gasteiger partial charge in [-0.15, -0.1) is 0 Å². The van der Waals surface area contributed by atoms with E-state index in [0.717, 1.165) is 18.6 Å². The standard InChI is InChI=1S/C18H25NO/c1-14(11-12-15-8-7-13-20-15)19-17-10-6-5-9-16(17)18(2,3)4/h5-10,13-14,19H,11-12H2,1-4H3. The number of hydrogen-bond donors (Lipinski definition) is 1. The topological polar surface area (TPSA) is 25.2 Å². The normalized spacial score (nSPS) is 13.2. The summed E-state index contributed by atoms with van der Waals surface area (Å²) in [6.07, 6.45) is 3.77. The Labute approximate surface area is 122 Å². The van der Waals surface area contributed by atoms with Crippen molar-refractivity contribution < 1.29 is 4.42 Å². The molecule has 0 saturated carbocycles. The van der Waals surface area contributed by atoms with Gasteiger partial charge in [-0.1, -0.05) is 39.0 Å². The highest BCUT2D eigenvalue weighted by Gasteiger charge is 2.18. The zero-order chi connectivity index (χ0) is 14.6. The first kappa shape index (κ1) is 14.7. The molecule has 108 valence electrons. The van der Waals surface area contributed by atoms with Crippen molar-refractivity contribution in [2.45, 2.75) is 52.0 Å². The van der Waals surface area contributed by atoms with E-state index >= 15 is 0 Å². The van der Waals surface area contributed by atoms with Gasteiger partial charge in [-0.05, 0) is 42.5 Å². The van der Waals surface area contributed by atoms with E-state index in [1.165, 1.54) is 11.3 Å². The van der Waals surface area contributed by atoms with Crippen LogP contribution in [0.1, 0.15) is 45.4 Å². The van der Waals surface area contributed by atoms with Crippen molar-refractivity contribution in [3.8, 4) is 0 Å². The average molecular weight is 271 g/mol. The highest BCUT2D eigenvalue weighted by atomic mass is 16.3. The molecule has 2 heteroatoms. The van der Waals surface area contributed by atoms with Gasteiger partial charge in [0.15, 0.2) is 0 Å². The van der Waals surface area contributed by atoms with Crippen molar-refractivity contribution >= 4 is 5.69 Å². The van der Waals surface area contributed by atoms with Crippen LogP contribution in [0.3, 0.4) is 0 Å². The summed E-state index contributed by atoms with van der Waals surface area (Å²) < 4.78 is 5.38. The summed E-state index contributed by atoms with van der Waals surface area (Å²) >= 11 is 0. The Hall–Kier alpha value is -1.70. The van der Waals surface area contributed by atoms with Gasteiger partial charge in [0.2, 0.25) is 0 Å². The Morgan fingerprint density at radius 3 is 2.50 bits per heavy atom. The third-order valence-electron chi connectivity index (χ3n) is 3.54. The van der Waals surface area contributed by atoms with Crippen LogP contribution in [0.2, 0.25) is 0 Å². The summed E-state index contributed by atoms with van der Waals surface area (Å²) in [5, 5.41) is 3.64. The van der Waals surface area contributed by atoms with Crippen LogP contribution >= 0.6 is 0 Å². The molecule has 1 heterocycles. The molecule has 2 rings (SSSR count). The third-order valence-corrected chi connectivity index (χ3v) is 3.54. The first-order valence-corrected chi connectivity index (χ1v) is 7.35. The Kier molecular flexibility index (Phi) is 4.53. The van der Waals surface area contributed by atoms with Crippen molar-refractivity contribution in [2.75, 3.05) is 5.32 Å². The smallest absolute Gasteiger partial charge is 0.103 e. The molecule has 0 spiro atoms. The van der Waals surface area contributed by atoms with E-state index in [9.17, 15) is 0 Å². The highest BCUT2D eigenvalue weighted by molar-refractivity contribution is 5.54. The van der Waals surface area contributed by atoms with E-state index in [4.69, 9.17) is 4.42 Å². The zero-order valence-corrected chi connectivity index (χ0v) is 12.9. The summed E-state index contributed by atoms with van der Waals surface area (Å²) in [4.78, 5) is 0. The predicted octanol–water partition coefficient (Wildman–Crippen LogP) is 5.01. The minimum Gasteiger partial charge on any atom is -0.469 e. The van der Waals surface area contributed by atoms with Crippen molar-refractivity contribution in [2.24, 2.45) is 0 Å². The SMILES string of the molecule is CC(CCc1ccco1)Nc1ccccc1C(C)(C)C. The number of benzene rings is 1. The van der Waals surface area contributed by atoms with Gasteiger partial charge in [0.25, 0.3) is 0 Å². The number of aryl methyl sites for hydroxylation is 1. The fourth-order valence-electron chi connectivity index (χ4n) is 2.41. The van der Waals surface area contributed by atoms with Gasteiger partial charge < -0.3 is 9.73 Å². The molecule has 1 atom stereocenters. The van der Waals surface area contributed by atoms with Gasteiger partial charge in [-0.3, -0.25) is 0 Å². The number of para-hydroxylation sites is 1. The molecule has 0 saturated heterocycles. The second kappa shape index (κ2) is 6.17. The molecule has 2 aromatic rings. The fourth-order valence-corrected chi connectivity index (χ4v) is 2.41. The number of hydrogen-bond acceptors (Lipinski definition) is 2. The van der Waals surface area contributed by atoms with Crippen molar-refractivity contribution in [1.29, 1.82) is 0 Å². The molecule has 0 aliphatic heterocycles. The second-order valence-corrected chi connectivity index (χ2v) is 6.46. The van der Waals surface area contributed by atoms with E-state index in [2.05, 4.69) is 57.3 Å². The minimum atomic E-state index is 0.157. The molecular weight excluding hydrogens is 246 g/mol. The van der Waals surface area contributed by atoms with E-state index in [1.54, 1.807) is 6.26 Å². The number of anilines is 1. The van der Waals surface area contributed by atoms with Crippen LogP contribution in [0.15, 0.2) is 47.1 Å². The third kappa shape index (κ3) is 3.89. The Morgan fingerprint density at radius 2 is 1.85 bits per heavy atom. The molecule has 1 unspecified atom stereocenters. The summed E-state index contributed by atoms with van der Waals surface area (Å²) in [6.45, 7) is 8.98. The molecule has 1 N–H and O–H groups in total. The van der Waals surface area contributed by atoms with Crippen LogP contribution in [-0.2, 0) is 11.8 Å². The number of nitrogens with one attached hydrogen (secondary N) is 1. The van der Waals surface area contributed by atoms with Crippen LogP contribution in [0.25, 0.3) is 0 Å². The molecule has 1 aromatic heterocycles. The van der Waals surface area contributed by atoms with Crippen molar-refractivity contribution in [3.63, 3.8) is 0 Å². The Bertz CT molecular complexity index is 523. The number of furan rings is 1. The van der Waals surface area contributed by atoms with E-state index < -0.39 is 0 Å². The van der Waals surface area contributed by atoms with Crippen LogP contribution in [0.4, 0.5) is 5.69 Å². The lowest BCUT2D eigenvalue weighted by atomic mass is 9.85. The van der Waals surface area contributed by atoms with Crippen molar-refractivity contribution in [3.05, 3.63) is 54.0 Å². The molecule has 0 fully saturated rings. The molecule has 20 heavy (non-hydrogen) atoms. The van der Waals surface area contributed by atoms with E-state index in [1.807, 2.05) is 12.1 Å². The fraction of sp³-hybridized carbons (Fsp3) is 0.444. The summed E-state index contributed by atoms with van der Waals surface area (Å²) in [6, 6.07) is 13.0. The molecule has 1 aromatic carbocycles. The molecule has 0 aliphatic rings. The predicted molar refractivity (Wildman–Crippen MR) is 85.3 cm³/mol. The van der Waals surface area contributed by atoms with Crippen molar-refractivity contribution in [1.82, 2.24) is 0 Å². The zero-order valence-electron chi connectivity index (χ0n) is 12.9. The van der Waals surface area contributed by atoms with Gasteiger partial charge in [-0.2, -0.15) is 0 Å². The first-order chi connectivity index (χ1) is 9.47. The summed E-state index contributed by atoms with van der Waals surface area (Å²) in [5.41, 5.74) is 2.77. The minimum absolute atomic E-state index is 0.157. The van der Waals surface area contributed by atoms with Crippen LogP contribution in [-0.4, -0.2) is 6.04 Å². The maximum absolute atomic E-state index is 5.38. The van der Waals surface area contributed by atoms with Crippen LogP contribution in [0, 0.1) is 0 Å². The first-order valence-electron chi connectivity index (χ1n) is 7.35. The lowest BCUT2D eigenvalue weighted by Crippen LogP contribution is -2.20. The molecule has 2 nitrogen and oxygen atoms in total. The molecule has 0 aliphatic carbocycles. The van der Waals surface area contributed by atoms with Gasteiger partial charge in [0.05, 0.1) is 6.26 Å². The molecule has 0 bridgehead atoms. The van der Waals surface area contributed by atoms with Gasteiger partial charge in [-0.25, -0.2) is 0 Å². The monoisotopic (exact) mass is 271 g/mol. The Morgan fingerprint density at radius 1 is 1.10 bits per heavy atom. The highest BCUT2D eigenvalue weighted by Crippen LogP contribution is 2.29. The average Bonchev–Trinajstić information content (AvgIpc) is 2.89. The maximum Gasteiger partial charge on any atom is 0.103 e. The molecular formula is C18H25NO. The van der Waals surface area contributed by atoms with Gasteiger partial charge in [0, 0.05) is 18.2 Å². The quantitative estimate of drug-likeness (QED) is 0.827. The van der Waals surface area contributed by atoms with E-state index in [-0.39, 0.29) is 5.41 Å². The molecule has 0 amide bonds. The van der Waals surface area contributed by atoms with E-state index in [0.29, 0.717) is 6.04 Å². The lowest BCUT2D eigenvalue weighted by Gasteiger charge is -2.25. The lowest BCUT2D eigenvalue weighted by molar-refractivity contribution is 0.494. The van der Waals surface area contributed by atoms with Gasteiger partial charge >= 0.3 is 0 Å².